The molecule has 2 aliphatic rings. The fourth-order valence-corrected chi connectivity index (χ4v) is 2.29. The first-order valence-electron chi connectivity index (χ1n) is 8.22. The topological polar surface area (TPSA) is 76.8 Å². The number of ketones is 1. The van der Waals surface area contributed by atoms with E-state index in [0.29, 0.717) is 0 Å². The van der Waals surface area contributed by atoms with Gasteiger partial charge in [0.1, 0.15) is 0 Å². The Labute approximate surface area is 197 Å². The second-order valence-electron chi connectivity index (χ2n) is 5.07. The van der Waals surface area contributed by atoms with Gasteiger partial charge in [0, 0.05) is 5.56 Å². The average molecular weight is 495 g/mol. The van der Waals surface area contributed by atoms with E-state index in [2.05, 4.69) is 39.8 Å². The van der Waals surface area contributed by atoms with E-state index in [-0.39, 0.29) is 28.8 Å². The van der Waals surface area contributed by atoms with Crippen LogP contribution >= 0.6 is 11.8 Å². The summed E-state index contributed by atoms with van der Waals surface area (Å²) in [4.78, 5) is 11.7. The summed E-state index contributed by atoms with van der Waals surface area (Å²) in [7, 11) is 0. The monoisotopic (exact) mass is 495 g/mol. The Balaban J connectivity index is -0.000000164. The second-order valence-corrected chi connectivity index (χ2v) is 6.30. The molecular formula is C22H23Fe2O4S+. The molecule has 0 radical (unpaired) electrons. The fraction of sp³-hybridized carbons (Fsp3) is 0.318. The van der Waals surface area contributed by atoms with Crippen molar-refractivity contribution in [2.24, 2.45) is 5.92 Å². The van der Waals surface area contributed by atoms with Crippen LogP contribution in [0.2, 0.25) is 0 Å². The zero-order valence-electron chi connectivity index (χ0n) is 16.1. The van der Waals surface area contributed by atoms with Crippen molar-refractivity contribution in [2.45, 2.75) is 32.1 Å². The van der Waals surface area contributed by atoms with Crippen LogP contribution in [-0.4, -0.2) is 16.3 Å². The van der Waals surface area contributed by atoms with Crippen LogP contribution < -0.4 is 0 Å². The van der Waals surface area contributed by atoms with Gasteiger partial charge in [-0.2, -0.15) is 0 Å². The summed E-state index contributed by atoms with van der Waals surface area (Å²) < 4.78 is 25.1. The number of hydrogen-bond acceptors (Lipinski definition) is 2. The number of rotatable bonds is 3. The summed E-state index contributed by atoms with van der Waals surface area (Å²) in [6.45, 7) is 13.5. The van der Waals surface area contributed by atoms with Crippen molar-refractivity contribution in [3.05, 3.63) is 80.2 Å². The summed E-state index contributed by atoms with van der Waals surface area (Å²) in [5.41, 5.74) is 0.781. The minimum atomic E-state index is -0.0533. The molecule has 0 aromatic heterocycles. The van der Waals surface area contributed by atoms with Crippen molar-refractivity contribution >= 4 is 21.8 Å². The van der Waals surface area contributed by atoms with E-state index < -0.39 is 0 Å². The smallest absolute Gasteiger partial charge is 2.00 e. The average Bonchev–Trinajstić information content (AvgIpc) is 3.55. The molecule has 1 fully saturated rings. The third-order valence-corrected chi connectivity index (χ3v) is 4.25. The third-order valence-electron chi connectivity index (χ3n) is 3.43. The first-order valence-corrected chi connectivity index (χ1v) is 10.00. The van der Waals surface area contributed by atoms with Crippen molar-refractivity contribution in [1.82, 2.24) is 0 Å². The molecule has 0 saturated heterocycles. The number of benzene rings is 1. The van der Waals surface area contributed by atoms with E-state index in [1.807, 2.05) is 60.9 Å². The molecule has 0 unspecified atom stereocenters. The van der Waals surface area contributed by atoms with Crippen molar-refractivity contribution < 1.29 is 51.4 Å². The summed E-state index contributed by atoms with van der Waals surface area (Å²) in [5.74, 6) is 0.119. The number of carbonyl (C=O) groups excluding carboxylic acids is 1. The van der Waals surface area contributed by atoms with Gasteiger partial charge in [-0.05, 0) is 0 Å². The van der Waals surface area contributed by atoms with Gasteiger partial charge < -0.3 is 0 Å². The molecular weight excluding hydrogens is 472 g/mol. The predicted octanol–water partition coefficient (Wildman–Crippen LogP) is 4.98. The van der Waals surface area contributed by atoms with Gasteiger partial charge in [0.15, 0.2) is 5.78 Å². The first-order chi connectivity index (χ1) is 13.8. The van der Waals surface area contributed by atoms with E-state index in [1.54, 1.807) is 0 Å². The van der Waals surface area contributed by atoms with Crippen molar-refractivity contribution in [3.8, 4) is 0 Å². The third kappa shape index (κ3) is 21.4. The van der Waals surface area contributed by atoms with Gasteiger partial charge in [0.05, 0.1) is 5.92 Å². The molecule has 0 heterocycles. The molecule has 0 aliphatic heterocycles. The van der Waals surface area contributed by atoms with Crippen molar-refractivity contribution in [3.63, 3.8) is 0 Å². The summed E-state index contributed by atoms with van der Waals surface area (Å²) in [5, 5.41) is 0. The molecule has 3 rings (SSSR count). The molecule has 0 N–H and O–H groups in total. The molecule has 2 aliphatic carbocycles. The largest absolute Gasteiger partial charge is 2.00 e. The molecule has 1 aromatic carbocycles. The Bertz CT molecular complexity index is 585. The van der Waals surface area contributed by atoms with Crippen LogP contribution in [0, 0.1) is 25.9 Å². The van der Waals surface area contributed by atoms with Crippen LogP contribution in [0.5, 0.6) is 0 Å². The predicted molar refractivity (Wildman–Crippen MR) is 106 cm³/mol. The van der Waals surface area contributed by atoms with Crippen LogP contribution in [0.15, 0.2) is 54.6 Å². The molecule has 0 bridgehead atoms. The minimum Gasteiger partial charge on any atom is 2.00 e. The molecule has 7 heteroatoms. The summed E-state index contributed by atoms with van der Waals surface area (Å²) in [6, 6.07) is 9.38. The zero-order chi connectivity index (χ0) is 22.0. The zero-order valence-corrected chi connectivity index (χ0v) is 19.1. The molecule has 0 spiro atoms. The fourth-order valence-electron chi connectivity index (χ4n) is 2.29. The molecule has 156 valence electrons. The van der Waals surface area contributed by atoms with Gasteiger partial charge in [0.2, 0.25) is 0 Å². The SMILES string of the molecule is C1CCCC1.CS[C-]=[Fe].O=C(c1ccccc1)C1C=CC=C1.[C-]#[O+].[C-]#[O+].[C-]#[O+].[Fe+2]. The van der Waals surface area contributed by atoms with Gasteiger partial charge in [0.25, 0.3) is 0 Å². The maximum absolute atomic E-state index is 11.7. The quantitative estimate of drug-likeness (QED) is 0.257. The van der Waals surface area contributed by atoms with Crippen LogP contribution in [0.25, 0.3) is 0 Å². The Morgan fingerprint density at radius 3 is 1.59 bits per heavy atom. The molecule has 4 nitrogen and oxygen atoms in total. The summed E-state index contributed by atoms with van der Waals surface area (Å²) in [6.07, 6.45) is 17.1. The number of allylic oxidation sites excluding steroid dienone is 4. The van der Waals surface area contributed by atoms with E-state index in [0.717, 1.165) is 5.56 Å². The van der Waals surface area contributed by atoms with Crippen LogP contribution in [0.3, 0.4) is 0 Å². The number of hydrogen-bond donors (Lipinski definition) is 0. The van der Waals surface area contributed by atoms with Gasteiger partial charge in [-0.25, -0.2) is 0 Å². The molecule has 29 heavy (non-hydrogen) atoms. The first kappa shape index (κ1) is 35.3. The number of Topliss-reactive ketones (excluding diaryl/α,β-unsaturated/α-hetero) is 1. The number of carbonyl (C=O) groups is 1. The summed E-state index contributed by atoms with van der Waals surface area (Å²) >= 11 is 4.81. The molecule has 0 atom stereocenters. The van der Waals surface area contributed by atoms with Gasteiger partial charge >= 0.3 is 88.8 Å². The Morgan fingerprint density at radius 1 is 0.931 bits per heavy atom. The van der Waals surface area contributed by atoms with E-state index in [1.165, 1.54) is 43.9 Å². The van der Waals surface area contributed by atoms with E-state index >= 15 is 0 Å². The maximum atomic E-state index is 11.7. The van der Waals surface area contributed by atoms with Crippen LogP contribution in [0.1, 0.15) is 42.5 Å². The van der Waals surface area contributed by atoms with Gasteiger partial charge in [-0.15, -0.1) is 0 Å². The molecule has 1 aromatic rings. The van der Waals surface area contributed by atoms with E-state index in [4.69, 9.17) is 14.0 Å². The minimum absolute atomic E-state index is 0. The van der Waals surface area contributed by atoms with Crippen LogP contribution in [0.4, 0.5) is 0 Å². The Hall–Kier alpha value is -1.15. The Kier molecular flexibility index (Phi) is 38.4. The normalized spacial score (nSPS) is 12.0. The van der Waals surface area contributed by atoms with Crippen molar-refractivity contribution in [2.75, 3.05) is 6.26 Å². The van der Waals surface area contributed by atoms with E-state index in [9.17, 15) is 4.79 Å². The van der Waals surface area contributed by atoms with Crippen molar-refractivity contribution in [1.29, 1.82) is 0 Å². The number of thioether (sulfide) groups is 1. The van der Waals surface area contributed by atoms with Gasteiger partial charge in [-0.1, -0.05) is 86.7 Å². The second kappa shape index (κ2) is 31.5. The standard InChI is InChI=1S/C12H10O.C5H10.C2H3S.3CO.2Fe/c13-12(11-8-4-5-9-11)10-6-2-1-3-7-10;1-2-4-5-3-1;1-3-2;3*1-2;;/h1-9,11H;1-5H2;1H3;;;;;/q;;-1;;;;;+2. The van der Waals surface area contributed by atoms with Crippen LogP contribution in [-0.2, 0) is 46.6 Å². The molecule has 0 amide bonds. The molecule has 1 saturated carbocycles. The van der Waals surface area contributed by atoms with Gasteiger partial charge in [-0.3, -0.25) is 4.79 Å². The maximum Gasteiger partial charge on any atom is 2.00 e. The Morgan fingerprint density at radius 2 is 1.28 bits per heavy atom.